The number of carbonyl (C=O) groups excluding carboxylic acids is 3. The van der Waals surface area contributed by atoms with E-state index in [2.05, 4.69) is 4.90 Å². The molecular weight excluding hydrogens is 521 g/mol. The van der Waals surface area contributed by atoms with Crippen molar-refractivity contribution in [3.63, 3.8) is 0 Å². The lowest BCUT2D eigenvalue weighted by Crippen LogP contribution is -2.65. The van der Waals surface area contributed by atoms with E-state index in [1.54, 1.807) is 0 Å². The van der Waals surface area contributed by atoms with E-state index in [1.807, 2.05) is 0 Å². The Balaban J connectivity index is 1.41. The fourth-order valence-corrected chi connectivity index (χ4v) is 7.57. The summed E-state index contributed by atoms with van der Waals surface area (Å²) >= 11 is 0. The van der Waals surface area contributed by atoms with Gasteiger partial charge in [-0.25, -0.2) is 4.39 Å². The number of Topliss-reactive ketones (excluding diaryl/α,β-unsaturated/α-hetero) is 2. The van der Waals surface area contributed by atoms with Gasteiger partial charge in [-0.2, -0.15) is 0 Å². The molecule has 0 unspecified atom stereocenters. The number of amides is 1. The van der Waals surface area contributed by atoms with E-state index in [0.717, 1.165) is 25.9 Å². The number of nitrogens with zero attached hydrogens (tertiary/aromatic N) is 2. The van der Waals surface area contributed by atoms with Crippen molar-refractivity contribution >= 4 is 23.2 Å². The van der Waals surface area contributed by atoms with Gasteiger partial charge >= 0.3 is 0 Å². The molecule has 1 spiro atoms. The average molecular weight is 556 g/mol. The lowest BCUT2D eigenvalue weighted by molar-refractivity contribution is -0.153. The molecule has 0 radical (unpaired) electrons. The van der Waals surface area contributed by atoms with Crippen LogP contribution >= 0.6 is 0 Å². The van der Waals surface area contributed by atoms with Crippen LogP contribution in [-0.4, -0.2) is 86.5 Å². The van der Waals surface area contributed by atoms with Gasteiger partial charge in [0.15, 0.2) is 11.4 Å². The maximum absolute atomic E-state index is 16.0. The molecule has 1 aromatic rings. The average Bonchev–Trinajstić information content (AvgIpc) is 3.64. The molecule has 6 rings (SSSR count). The lowest BCUT2D eigenvalue weighted by atomic mass is 9.57. The number of carbonyl (C=O) groups is 3. The van der Waals surface area contributed by atoms with Crippen LogP contribution < -0.4 is 5.73 Å². The fourth-order valence-electron chi connectivity index (χ4n) is 7.57. The van der Waals surface area contributed by atoms with Gasteiger partial charge in [0.05, 0.1) is 11.6 Å². The predicted octanol–water partition coefficient (Wildman–Crippen LogP) is 1.48. The van der Waals surface area contributed by atoms with Crippen LogP contribution in [0.4, 0.5) is 4.39 Å². The second-order valence-electron chi connectivity index (χ2n) is 12.5. The van der Waals surface area contributed by atoms with Crippen molar-refractivity contribution in [3.05, 3.63) is 45.5 Å². The second-order valence-corrected chi connectivity index (χ2v) is 12.5. The summed E-state index contributed by atoms with van der Waals surface area (Å²) in [7, 11) is 3.06. The van der Waals surface area contributed by atoms with Gasteiger partial charge in [-0.3, -0.25) is 24.2 Å². The third-order valence-electron chi connectivity index (χ3n) is 10.00. The highest BCUT2D eigenvalue weighted by atomic mass is 19.1. The van der Waals surface area contributed by atoms with Gasteiger partial charge in [0.25, 0.3) is 5.91 Å². The number of phenols is 1. The van der Waals surface area contributed by atoms with E-state index in [4.69, 9.17) is 5.73 Å². The second kappa shape index (κ2) is 8.86. The molecule has 1 saturated heterocycles. The Kier molecular flexibility index (Phi) is 5.96. The highest BCUT2D eigenvalue weighted by molar-refractivity contribution is 6.24. The quantitative estimate of drug-likeness (QED) is 0.346. The van der Waals surface area contributed by atoms with Gasteiger partial charge in [-0.05, 0) is 83.1 Å². The maximum Gasteiger partial charge on any atom is 0.255 e. The molecular formula is C29H34FN3O7. The monoisotopic (exact) mass is 555 g/mol. The number of rotatable bonds is 4. The van der Waals surface area contributed by atoms with Crippen LogP contribution in [0.2, 0.25) is 0 Å². The van der Waals surface area contributed by atoms with Crippen LogP contribution in [0.15, 0.2) is 23.0 Å². The van der Waals surface area contributed by atoms with Crippen molar-refractivity contribution in [2.24, 2.45) is 23.0 Å². The van der Waals surface area contributed by atoms with E-state index >= 15 is 4.39 Å². The summed E-state index contributed by atoms with van der Waals surface area (Å²) in [6.07, 6.45) is 4.48. The summed E-state index contributed by atoms with van der Waals surface area (Å²) in [5.41, 5.74) is 2.05. The van der Waals surface area contributed by atoms with Crippen LogP contribution in [0.25, 0.3) is 5.76 Å². The van der Waals surface area contributed by atoms with Crippen molar-refractivity contribution in [1.82, 2.24) is 9.80 Å². The number of likely N-dealkylation sites (tertiary alicyclic amines) is 1. The smallest absolute Gasteiger partial charge is 0.255 e. The molecule has 1 heterocycles. The first-order chi connectivity index (χ1) is 18.8. The highest BCUT2D eigenvalue weighted by Crippen LogP contribution is 2.55. The van der Waals surface area contributed by atoms with Gasteiger partial charge in [-0.1, -0.05) is 0 Å². The summed E-state index contributed by atoms with van der Waals surface area (Å²) in [6, 6.07) is 0.0810. The standard InChI is InChI=1S/C29H34FN3O7/c1-32(2)22-16-10-13-9-15-19(17(34)11-14(21(15)30)12-33-7-5-28(3-4-28)6-8-33)23(35)18(13)25(37)29(16,40)26(38)20(24(22)36)27(31)39/h11,13,16,22,34-35,38,40H,3-10,12H2,1-2H3,(H2,31,39)/t13-,16-,22-,29-/m0/s1. The largest absolute Gasteiger partial charge is 0.508 e. The lowest BCUT2D eigenvalue weighted by Gasteiger charge is -2.50. The molecule has 214 valence electrons. The zero-order valence-electron chi connectivity index (χ0n) is 22.5. The van der Waals surface area contributed by atoms with Crippen LogP contribution in [0.3, 0.4) is 0 Å². The summed E-state index contributed by atoms with van der Waals surface area (Å²) in [5.74, 6) is -8.04. The number of nitrogens with two attached hydrogens (primary N) is 1. The Morgan fingerprint density at radius 2 is 1.80 bits per heavy atom. The van der Waals surface area contributed by atoms with Gasteiger partial charge < -0.3 is 26.2 Å². The molecule has 0 aromatic heterocycles. The Hall–Kier alpha value is -3.28. The number of fused-ring (bicyclic) bond motifs is 3. The number of phenolic OH excluding ortho intramolecular Hbond substituents is 1. The summed E-state index contributed by atoms with van der Waals surface area (Å²) in [4.78, 5) is 42.7. The zero-order valence-corrected chi connectivity index (χ0v) is 22.5. The number of ketones is 2. The van der Waals surface area contributed by atoms with Crippen LogP contribution in [0, 0.1) is 23.1 Å². The molecule has 4 atom stereocenters. The van der Waals surface area contributed by atoms with E-state index in [9.17, 15) is 34.8 Å². The van der Waals surface area contributed by atoms with E-state index in [-0.39, 0.29) is 29.5 Å². The molecule has 10 nitrogen and oxygen atoms in total. The molecule has 1 aromatic carbocycles. The van der Waals surface area contributed by atoms with Gasteiger partial charge in [-0.15, -0.1) is 0 Å². The molecule has 5 aliphatic rings. The van der Waals surface area contributed by atoms with Crippen LogP contribution in [0.1, 0.15) is 48.8 Å². The SMILES string of the molecule is CN(C)[C@@H]1C(=O)C(C(N)=O)=C(O)[C@@]2(O)C(=O)C3=C(O)c4c(O)cc(CN5CCC6(CC5)CC6)c(F)c4C[C@H]3C[C@@H]12. The molecule has 4 aliphatic carbocycles. The minimum Gasteiger partial charge on any atom is -0.508 e. The normalized spacial score (nSPS) is 31.4. The van der Waals surface area contributed by atoms with Crippen molar-refractivity contribution in [3.8, 4) is 5.75 Å². The third kappa shape index (κ3) is 3.67. The molecule has 0 bridgehead atoms. The van der Waals surface area contributed by atoms with Crippen LogP contribution in [0.5, 0.6) is 5.75 Å². The van der Waals surface area contributed by atoms with E-state index in [0.29, 0.717) is 17.5 Å². The fraction of sp³-hybridized carbons (Fsp3) is 0.552. The van der Waals surface area contributed by atoms with Gasteiger partial charge in [0, 0.05) is 29.2 Å². The number of primary amides is 1. The first-order valence-electron chi connectivity index (χ1n) is 13.7. The van der Waals surface area contributed by atoms with Crippen LogP contribution in [-0.2, 0) is 27.3 Å². The molecule has 6 N–H and O–H groups in total. The number of likely N-dealkylation sites (N-methyl/N-ethyl adjacent to an activating group) is 1. The number of aliphatic hydroxyl groups excluding tert-OH is 2. The number of aromatic hydroxyl groups is 1. The summed E-state index contributed by atoms with van der Waals surface area (Å²) in [5, 5.41) is 44.7. The topological polar surface area (TPSA) is 165 Å². The summed E-state index contributed by atoms with van der Waals surface area (Å²) in [6.45, 7) is 1.99. The number of piperidine rings is 1. The first-order valence-corrected chi connectivity index (χ1v) is 13.7. The van der Waals surface area contributed by atoms with Crippen molar-refractivity contribution in [2.75, 3.05) is 27.2 Å². The molecule has 11 heteroatoms. The molecule has 40 heavy (non-hydrogen) atoms. The zero-order chi connectivity index (χ0) is 28.9. The number of halogens is 1. The number of hydrogen-bond donors (Lipinski definition) is 5. The van der Waals surface area contributed by atoms with Crippen molar-refractivity contribution < 1.29 is 39.2 Å². The Labute approximate surface area is 230 Å². The number of aliphatic hydroxyl groups is 3. The minimum absolute atomic E-state index is 0.0646. The Morgan fingerprint density at radius 3 is 2.38 bits per heavy atom. The number of hydrogen-bond acceptors (Lipinski definition) is 9. The van der Waals surface area contributed by atoms with E-state index < -0.39 is 69.6 Å². The predicted molar refractivity (Wildman–Crippen MR) is 140 cm³/mol. The Bertz CT molecular complexity index is 1420. The van der Waals surface area contributed by atoms with Crippen molar-refractivity contribution in [2.45, 2.75) is 56.7 Å². The van der Waals surface area contributed by atoms with Gasteiger partial charge in [0.1, 0.15) is 28.7 Å². The highest BCUT2D eigenvalue weighted by Gasteiger charge is 2.64. The molecule has 1 aliphatic heterocycles. The van der Waals surface area contributed by atoms with E-state index in [1.165, 1.54) is 37.9 Å². The third-order valence-corrected chi connectivity index (χ3v) is 10.00. The molecule has 1 amide bonds. The minimum atomic E-state index is -2.72. The number of benzene rings is 1. The first kappa shape index (κ1) is 26.9. The maximum atomic E-state index is 16.0. The Morgan fingerprint density at radius 1 is 1.15 bits per heavy atom. The van der Waals surface area contributed by atoms with Crippen molar-refractivity contribution in [1.29, 1.82) is 0 Å². The van der Waals surface area contributed by atoms with Gasteiger partial charge in [0.2, 0.25) is 5.78 Å². The molecule has 3 fully saturated rings. The molecule has 2 saturated carbocycles. The summed E-state index contributed by atoms with van der Waals surface area (Å²) < 4.78 is 16.0.